The summed E-state index contributed by atoms with van der Waals surface area (Å²) in [5.74, 6) is 1.01. The Morgan fingerprint density at radius 3 is 2.00 bits per heavy atom. The van der Waals surface area contributed by atoms with Gasteiger partial charge in [0.25, 0.3) is 0 Å². The van der Waals surface area contributed by atoms with Gasteiger partial charge in [-0.1, -0.05) is 153 Å². The molecular formula is C56H47N3OPt. The summed E-state index contributed by atoms with van der Waals surface area (Å²) in [6.45, 7) is -8.69. The zero-order chi connectivity index (χ0) is 51.5. The summed E-state index contributed by atoms with van der Waals surface area (Å²) < 4.78 is 107. The molecule has 0 N–H and O–H groups in total. The van der Waals surface area contributed by atoms with Crippen LogP contribution >= 0.6 is 0 Å². The average Bonchev–Trinajstić information content (AvgIpc) is 3.73. The van der Waals surface area contributed by atoms with Crippen LogP contribution < -0.4 is 4.74 Å². The molecule has 0 unspecified atom stereocenters. The van der Waals surface area contributed by atoms with Crippen LogP contribution in [0.1, 0.15) is 59.3 Å². The van der Waals surface area contributed by atoms with Gasteiger partial charge in [-0.2, -0.15) is 7.11 Å². The Balaban J connectivity index is 0.00000711. The van der Waals surface area contributed by atoms with Gasteiger partial charge in [0.05, 0.1) is 22.3 Å². The number of para-hydroxylation sites is 1. The van der Waals surface area contributed by atoms with Crippen molar-refractivity contribution in [1.82, 2.24) is 14.5 Å². The van der Waals surface area contributed by atoms with Crippen molar-refractivity contribution in [2.24, 2.45) is 0 Å². The number of nitrogens with zero attached hydrogens (tertiary/aromatic N) is 3. The molecule has 7 aromatic carbocycles. The number of hydrogen-bond acceptors (Lipinski definition) is 3. The van der Waals surface area contributed by atoms with Gasteiger partial charge in [-0.15, -0.1) is 23.8 Å². The number of pyridine rings is 1. The van der Waals surface area contributed by atoms with Crippen LogP contribution in [0.4, 0.5) is 0 Å². The molecule has 9 rings (SSSR count). The minimum absolute atomic E-state index is 0. The second-order valence-electron chi connectivity index (χ2n) is 15.0. The van der Waals surface area contributed by atoms with E-state index in [1.54, 1.807) is 24.4 Å². The van der Waals surface area contributed by atoms with Crippen molar-refractivity contribution in [1.29, 1.82) is 0 Å². The van der Waals surface area contributed by atoms with E-state index < -0.39 is 32.8 Å². The first kappa shape index (κ1) is 29.0. The number of fused-ring (bicyclic) bond motifs is 1. The molecule has 0 amide bonds. The van der Waals surface area contributed by atoms with E-state index in [1.807, 2.05) is 134 Å². The molecule has 0 radical (unpaired) electrons. The Bertz CT molecular complexity index is 3440. The van der Waals surface area contributed by atoms with Crippen molar-refractivity contribution in [3.05, 3.63) is 199 Å². The number of benzene rings is 7. The summed E-state index contributed by atoms with van der Waals surface area (Å²) in [7, 11) is 3.81. The second-order valence-corrected chi connectivity index (χ2v) is 15.0. The van der Waals surface area contributed by atoms with Crippen LogP contribution in [-0.4, -0.2) is 14.5 Å². The quantitative estimate of drug-likeness (QED) is 0.142. The van der Waals surface area contributed by atoms with Gasteiger partial charge >= 0.3 is 21.1 Å². The molecule has 9 aromatic rings. The van der Waals surface area contributed by atoms with Crippen molar-refractivity contribution in [2.45, 2.75) is 46.7 Å². The van der Waals surface area contributed by atoms with Crippen molar-refractivity contribution >= 4 is 11.0 Å². The van der Waals surface area contributed by atoms with E-state index in [0.717, 1.165) is 33.4 Å². The number of rotatable bonds is 8. The largest absolute Gasteiger partial charge is 2.00 e. The topological polar surface area (TPSA) is 39.9 Å². The predicted octanol–water partition coefficient (Wildman–Crippen LogP) is 14.6. The van der Waals surface area contributed by atoms with E-state index in [1.165, 1.54) is 24.3 Å². The maximum Gasteiger partial charge on any atom is 2.00 e. The van der Waals surface area contributed by atoms with E-state index in [4.69, 9.17) is 31.2 Å². The summed E-state index contributed by atoms with van der Waals surface area (Å²) in [5, 5.41) is 0. The van der Waals surface area contributed by atoms with Crippen LogP contribution in [0.5, 0.6) is 5.75 Å². The smallest absolute Gasteiger partial charge is 0.665 e. The monoisotopic (exact) mass is 984 g/mol. The van der Waals surface area contributed by atoms with Crippen LogP contribution in [0.3, 0.4) is 0 Å². The zero-order valence-electron chi connectivity index (χ0n) is 45.4. The first-order valence-corrected chi connectivity index (χ1v) is 19.5. The van der Waals surface area contributed by atoms with Gasteiger partial charge in [-0.3, -0.25) is 9.55 Å². The third-order valence-electron chi connectivity index (χ3n) is 10.7. The zero-order valence-corrected chi connectivity index (χ0v) is 35.6. The molecule has 302 valence electrons. The Morgan fingerprint density at radius 1 is 0.623 bits per heavy atom. The molecule has 5 heteroatoms. The molecule has 0 spiro atoms. The third-order valence-corrected chi connectivity index (χ3v) is 10.7. The summed E-state index contributed by atoms with van der Waals surface area (Å²) in [4.78, 5) is 10.2. The fraction of sp³-hybridized carbons (Fsp3) is 0.125. The average molecular weight is 985 g/mol. The Morgan fingerprint density at radius 2 is 1.31 bits per heavy atom. The first-order chi connectivity index (χ1) is 34.0. The minimum atomic E-state index is -3.39. The van der Waals surface area contributed by atoms with E-state index in [9.17, 15) is 0 Å². The van der Waals surface area contributed by atoms with E-state index >= 15 is 0 Å². The Hall–Kier alpha value is -6.35. The third kappa shape index (κ3) is 8.26. The number of aryl methyl sites for hydroxylation is 3. The maximum absolute atomic E-state index is 8.55. The van der Waals surface area contributed by atoms with E-state index in [-0.39, 0.29) is 32.2 Å². The van der Waals surface area contributed by atoms with Crippen molar-refractivity contribution < 1.29 is 42.3 Å². The maximum atomic E-state index is 8.55. The molecular weight excluding hydrogens is 926 g/mol. The molecule has 0 saturated carbocycles. The fourth-order valence-corrected chi connectivity index (χ4v) is 7.93. The normalized spacial score (nSPS) is 15.1. The standard InChI is InChI=1S/C56H47N3O.Pt/c1-36-27-38(3)54(60-7)50(30-36)55-58-53-49(19-14-20-52(53)59(55)48-29-37(2)28-43(34-48)39-15-10-8-11-16-39)45-31-44(40-17-12-9-13-18-40)32-46(33-45)51-35-42(25-26-57-51)41-21-23-47(24-22-41)56(4,5)6;/h8-32,34-35H,7H2,1-6H3;/q-2;+2/i2D3,4D3,5D3,6D3;. The summed E-state index contributed by atoms with van der Waals surface area (Å²) >= 11 is 0. The number of ether oxygens (including phenoxy) is 1. The Labute approximate surface area is 391 Å². The van der Waals surface area contributed by atoms with Gasteiger partial charge in [-0.05, 0) is 107 Å². The van der Waals surface area contributed by atoms with Crippen molar-refractivity contribution in [3.63, 3.8) is 0 Å². The molecule has 2 heterocycles. The first-order valence-electron chi connectivity index (χ1n) is 25.5. The van der Waals surface area contributed by atoms with Gasteiger partial charge in [0.15, 0.2) is 0 Å². The number of imidazole rings is 1. The van der Waals surface area contributed by atoms with Crippen LogP contribution in [-0.2, 0) is 26.5 Å². The summed E-state index contributed by atoms with van der Waals surface area (Å²) in [6, 6.07) is 51.4. The van der Waals surface area contributed by atoms with Gasteiger partial charge < -0.3 is 4.74 Å². The molecule has 0 saturated heterocycles. The molecule has 0 aliphatic rings. The molecule has 0 aliphatic heterocycles. The molecule has 4 nitrogen and oxygen atoms in total. The van der Waals surface area contributed by atoms with Crippen LogP contribution in [0, 0.1) is 33.9 Å². The van der Waals surface area contributed by atoms with Crippen LogP contribution in [0.25, 0.3) is 83.9 Å². The second kappa shape index (κ2) is 17.0. The van der Waals surface area contributed by atoms with E-state index in [0.29, 0.717) is 67.4 Å². The van der Waals surface area contributed by atoms with Gasteiger partial charge in [-0.25, -0.2) is 4.98 Å². The molecule has 0 aliphatic carbocycles. The summed E-state index contributed by atoms with van der Waals surface area (Å²) in [6.07, 6.45) is 1.62. The fourth-order valence-electron chi connectivity index (χ4n) is 7.93. The molecule has 0 bridgehead atoms. The predicted molar refractivity (Wildman–Crippen MR) is 249 cm³/mol. The van der Waals surface area contributed by atoms with Crippen molar-refractivity contribution in [3.8, 4) is 78.6 Å². The molecule has 2 aromatic heterocycles. The summed E-state index contributed by atoms with van der Waals surface area (Å²) in [5.41, 5.74) is 8.06. The van der Waals surface area contributed by atoms with E-state index in [2.05, 4.69) is 13.2 Å². The SMILES string of the molecule is [2H]C([2H])([2H])c1cc(-c2ccccc2)cc(-n2c(-c3cc(C)cc(C)c3O[CH2-])nc3c(-c4[c-]c(-c5cc(-c6ccc(C(C([2H])([2H])[2H])(C([2H])([2H])[2H])C([2H])([2H])[2H])cc6)ccn5)cc(-c5ccccc5)c4)cccc32)c1.[Pt+2]. The van der Waals surface area contributed by atoms with Crippen LogP contribution in [0.2, 0.25) is 0 Å². The number of aromatic nitrogens is 3. The Kier molecular flexibility index (Phi) is 8.06. The molecule has 0 atom stereocenters. The molecule has 0 fully saturated rings. The van der Waals surface area contributed by atoms with Gasteiger partial charge in [0.2, 0.25) is 0 Å². The van der Waals surface area contributed by atoms with Crippen molar-refractivity contribution in [2.75, 3.05) is 0 Å². The molecule has 61 heavy (non-hydrogen) atoms. The van der Waals surface area contributed by atoms with Gasteiger partial charge in [0.1, 0.15) is 5.82 Å². The van der Waals surface area contributed by atoms with Crippen LogP contribution in [0.15, 0.2) is 164 Å². The minimum Gasteiger partial charge on any atom is -0.665 e. The van der Waals surface area contributed by atoms with Gasteiger partial charge in [0, 0.05) is 34.0 Å². The number of hydrogen-bond donors (Lipinski definition) is 0.